The lowest BCUT2D eigenvalue weighted by Gasteiger charge is -2.34. The van der Waals surface area contributed by atoms with Gasteiger partial charge in [-0.3, -0.25) is 0 Å². The van der Waals surface area contributed by atoms with Crippen molar-refractivity contribution in [2.75, 3.05) is 13.2 Å². The third-order valence-corrected chi connectivity index (χ3v) is 6.22. The van der Waals surface area contributed by atoms with Gasteiger partial charge in [-0.05, 0) is 47.0 Å². The molecule has 1 aliphatic rings. The second-order valence-corrected chi connectivity index (χ2v) is 8.53. The Morgan fingerprint density at radius 3 is 2.31 bits per heavy atom. The van der Waals surface area contributed by atoms with Crippen LogP contribution in [-0.4, -0.2) is 24.3 Å². The van der Waals surface area contributed by atoms with Gasteiger partial charge in [0.15, 0.2) is 6.61 Å². The molecule has 176 valence electrons. The molecule has 1 heterocycles. The van der Waals surface area contributed by atoms with Crippen molar-refractivity contribution in [3.05, 3.63) is 125 Å². The summed E-state index contributed by atoms with van der Waals surface area (Å²) in [5.74, 6) is 1.24. The zero-order valence-corrected chi connectivity index (χ0v) is 19.2. The topological polar surface area (TPSA) is 65.0 Å². The summed E-state index contributed by atoms with van der Waals surface area (Å²) in [5, 5.41) is 10.2. The number of hydrogen-bond donors (Lipinski definition) is 1. The molecule has 0 aliphatic carbocycles. The van der Waals surface area contributed by atoms with Crippen LogP contribution in [0.5, 0.6) is 17.2 Å². The molecule has 4 aromatic rings. The van der Waals surface area contributed by atoms with Gasteiger partial charge >= 0.3 is 5.97 Å². The van der Waals surface area contributed by atoms with Crippen molar-refractivity contribution >= 4 is 5.97 Å². The fraction of sp³-hybridized carbons (Fsp3) is 0.167. The Hall–Kier alpha value is -4.25. The van der Waals surface area contributed by atoms with Crippen molar-refractivity contribution in [2.24, 2.45) is 0 Å². The van der Waals surface area contributed by atoms with E-state index in [1.165, 1.54) is 5.56 Å². The summed E-state index contributed by atoms with van der Waals surface area (Å²) in [4.78, 5) is 12.1. The van der Waals surface area contributed by atoms with Crippen LogP contribution in [0, 0.1) is 0 Å². The summed E-state index contributed by atoms with van der Waals surface area (Å²) in [6, 6.07) is 32.8. The highest BCUT2D eigenvalue weighted by atomic mass is 16.6. The standard InChI is InChI=1S/C30H26O5/c31-24-13-16-28-26(17-24)30(27(19-34-28)22-9-5-2-6-10-22)23-11-14-25(15-12-23)33-20-29(32)35-18-21-7-3-1-4-8-21/h1-17,27,30-31H,18-20H2/t27-,30?/m1/s1. The maximum Gasteiger partial charge on any atom is 0.344 e. The van der Waals surface area contributed by atoms with Crippen LogP contribution in [0.2, 0.25) is 0 Å². The molecule has 0 radical (unpaired) electrons. The Bertz CT molecular complexity index is 1270. The molecular weight excluding hydrogens is 440 g/mol. The normalized spacial score (nSPS) is 16.6. The van der Waals surface area contributed by atoms with Crippen LogP contribution in [-0.2, 0) is 16.1 Å². The van der Waals surface area contributed by atoms with Crippen LogP contribution in [0.15, 0.2) is 103 Å². The zero-order valence-electron chi connectivity index (χ0n) is 19.2. The van der Waals surface area contributed by atoms with Crippen LogP contribution in [0.3, 0.4) is 0 Å². The number of phenolic OH excluding ortho intramolecular Hbond substituents is 1. The Kier molecular flexibility index (Phi) is 6.66. The van der Waals surface area contributed by atoms with Gasteiger partial charge in [0.2, 0.25) is 0 Å². The number of esters is 1. The smallest absolute Gasteiger partial charge is 0.344 e. The van der Waals surface area contributed by atoms with E-state index in [-0.39, 0.29) is 30.8 Å². The molecule has 0 spiro atoms. The molecule has 5 nitrogen and oxygen atoms in total. The van der Waals surface area contributed by atoms with E-state index in [0.717, 1.165) is 22.4 Å². The van der Waals surface area contributed by atoms with Crippen LogP contribution in [0.25, 0.3) is 0 Å². The molecule has 0 fully saturated rings. The SMILES string of the molecule is O=C(COc1ccc(C2c3cc(O)ccc3OC[C@@H]2c2ccccc2)cc1)OCc1ccccc1. The molecule has 4 aromatic carbocycles. The minimum atomic E-state index is -0.420. The molecule has 0 amide bonds. The van der Waals surface area contributed by atoms with Crippen LogP contribution >= 0.6 is 0 Å². The van der Waals surface area contributed by atoms with Gasteiger partial charge in [0.05, 0.1) is 6.61 Å². The number of carbonyl (C=O) groups excluding carboxylic acids is 1. The largest absolute Gasteiger partial charge is 0.508 e. The number of ether oxygens (including phenoxy) is 3. The third kappa shape index (κ3) is 5.30. The van der Waals surface area contributed by atoms with Crippen molar-refractivity contribution < 1.29 is 24.1 Å². The average Bonchev–Trinajstić information content (AvgIpc) is 2.91. The number of phenols is 1. The van der Waals surface area contributed by atoms with Gasteiger partial charge in [0.25, 0.3) is 0 Å². The number of fused-ring (bicyclic) bond motifs is 1. The fourth-order valence-electron chi connectivity index (χ4n) is 4.50. The third-order valence-electron chi connectivity index (χ3n) is 6.22. The van der Waals surface area contributed by atoms with E-state index in [2.05, 4.69) is 12.1 Å². The van der Waals surface area contributed by atoms with Gasteiger partial charge in [-0.25, -0.2) is 4.79 Å². The van der Waals surface area contributed by atoms with Crippen molar-refractivity contribution in [3.8, 4) is 17.2 Å². The number of rotatable bonds is 7. The maximum atomic E-state index is 12.1. The van der Waals surface area contributed by atoms with Gasteiger partial charge in [0.1, 0.15) is 23.9 Å². The summed E-state index contributed by atoms with van der Waals surface area (Å²) in [6.07, 6.45) is 0. The number of benzene rings is 4. The summed E-state index contributed by atoms with van der Waals surface area (Å²) in [5.41, 5.74) is 4.13. The summed E-state index contributed by atoms with van der Waals surface area (Å²) in [6.45, 7) is 0.601. The predicted octanol–water partition coefficient (Wildman–Crippen LogP) is 5.82. The second-order valence-electron chi connectivity index (χ2n) is 8.53. The molecule has 1 unspecified atom stereocenters. The van der Waals surface area contributed by atoms with Crippen molar-refractivity contribution in [1.29, 1.82) is 0 Å². The number of aromatic hydroxyl groups is 1. The van der Waals surface area contributed by atoms with Gasteiger partial charge < -0.3 is 19.3 Å². The first-order valence-electron chi connectivity index (χ1n) is 11.6. The van der Waals surface area contributed by atoms with E-state index < -0.39 is 5.97 Å². The minimum absolute atomic E-state index is 0.00172. The molecule has 0 bridgehead atoms. The van der Waals surface area contributed by atoms with E-state index in [1.807, 2.05) is 78.9 Å². The number of hydrogen-bond acceptors (Lipinski definition) is 5. The molecule has 1 aliphatic heterocycles. The fourth-order valence-corrected chi connectivity index (χ4v) is 4.50. The van der Waals surface area contributed by atoms with E-state index >= 15 is 0 Å². The molecule has 1 N–H and O–H groups in total. The lowest BCUT2D eigenvalue weighted by molar-refractivity contribution is -0.147. The molecule has 5 rings (SSSR count). The van der Waals surface area contributed by atoms with E-state index in [1.54, 1.807) is 12.1 Å². The first-order valence-corrected chi connectivity index (χ1v) is 11.6. The lowest BCUT2D eigenvalue weighted by atomic mass is 9.76. The molecule has 0 aromatic heterocycles. The van der Waals surface area contributed by atoms with Crippen molar-refractivity contribution in [1.82, 2.24) is 0 Å². The maximum absolute atomic E-state index is 12.1. The molecular formula is C30H26O5. The van der Waals surface area contributed by atoms with Crippen molar-refractivity contribution in [2.45, 2.75) is 18.4 Å². The average molecular weight is 467 g/mol. The summed E-state index contributed by atoms with van der Waals surface area (Å²) in [7, 11) is 0. The Balaban J connectivity index is 1.31. The van der Waals surface area contributed by atoms with Crippen LogP contribution in [0.4, 0.5) is 0 Å². The van der Waals surface area contributed by atoms with E-state index in [0.29, 0.717) is 12.4 Å². The highest BCUT2D eigenvalue weighted by molar-refractivity contribution is 5.71. The highest BCUT2D eigenvalue weighted by Crippen LogP contribution is 2.47. The van der Waals surface area contributed by atoms with E-state index in [4.69, 9.17) is 14.2 Å². The molecule has 0 saturated carbocycles. The first-order chi connectivity index (χ1) is 17.2. The molecule has 2 atom stereocenters. The van der Waals surface area contributed by atoms with E-state index in [9.17, 15) is 9.90 Å². The second kappa shape index (κ2) is 10.3. The highest BCUT2D eigenvalue weighted by Gasteiger charge is 2.33. The van der Waals surface area contributed by atoms with Gasteiger partial charge in [-0.1, -0.05) is 72.8 Å². The van der Waals surface area contributed by atoms with Gasteiger partial charge in [0, 0.05) is 17.4 Å². The van der Waals surface area contributed by atoms with Gasteiger partial charge in [-0.2, -0.15) is 0 Å². The molecule has 0 saturated heterocycles. The van der Waals surface area contributed by atoms with Crippen molar-refractivity contribution in [3.63, 3.8) is 0 Å². The Morgan fingerprint density at radius 1 is 0.857 bits per heavy atom. The zero-order chi connectivity index (χ0) is 24.0. The predicted molar refractivity (Wildman–Crippen MR) is 133 cm³/mol. The quantitative estimate of drug-likeness (QED) is 0.348. The molecule has 5 heteroatoms. The van der Waals surface area contributed by atoms with Crippen LogP contribution in [0.1, 0.15) is 34.1 Å². The molecule has 35 heavy (non-hydrogen) atoms. The van der Waals surface area contributed by atoms with Gasteiger partial charge in [-0.15, -0.1) is 0 Å². The lowest BCUT2D eigenvalue weighted by Crippen LogP contribution is -2.25. The monoisotopic (exact) mass is 466 g/mol. The Morgan fingerprint density at radius 2 is 1.57 bits per heavy atom. The number of carbonyl (C=O) groups is 1. The first kappa shape index (κ1) is 22.5. The summed E-state index contributed by atoms with van der Waals surface area (Å²) < 4.78 is 17.0. The van der Waals surface area contributed by atoms with Crippen LogP contribution < -0.4 is 9.47 Å². The summed E-state index contributed by atoms with van der Waals surface area (Å²) >= 11 is 0. The Labute approximate surface area is 204 Å². The minimum Gasteiger partial charge on any atom is -0.508 e.